The summed E-state index contributed by atoms with van der Waals surface area (Å²) in [4.78, 5) is 12.2. The number of ether oxygens (including phenoxy) is 2. The van der Waals surface area contributed by atoms with Crippen molar-refractivity contribution in [1.29, 1.82) is 0 Å². The summed E-state index contributed by atoms with van der Waals surface area (Å²) < 4.78 is 11.4. The summed E-state index contributed by atoms with van der Waals surface area (Å²) in [6.45, 7) is 6.04. The summed E-state index contributed by atoms with van der Waals surface area (Å²) in [6, 6.07) is 23.9. The Morgan fingerprint density at radius 1 is 0.929 bits per heavy atom. The average Bonchev–Trinajstić information content (AvgIpc) is 2.66. The molecule has 146 valence electrons. The summed E-state index contributed by atoms with van der Waals surface area (Å²) in [6.07, 6.45) is 0.211. The molecule has 0 unspecified atom stereocenters. The van der Waals surface area contributed by atoms with E-state index in [1.807, 2.05) is 75.4 Å². The van der Waals surface area contributed by atoms with E-state index < -0.39 is 11.7 Å². The zero-order valence-corrected chi connectivity index (χ0v) is 16.6. The molecule has 0 aliphatic heterocycles. The van der Waals surface area contributed by atoms with Gasteiger partial charge in [-0.3, -0.25) is 0 Å². The van der Waals surface area contributed by atoms with Crippen LogP contribution in [0.3, 0.4) is 0 Å². The summed E-state index contributed by atoms with van der Waals surface area (Å²) in [7, 11) is 0. The van der Waals surface area contributed by atoms with Crippen LogP contribution < -0.4 is 10.1 Å². The van der Waals surface area contributed by atoms with Gasteiger partial charge in [0.1, 0.15) is 11.4 Å². The fourth-order valence-corrected chi connectivity index (χ4v) is 3.01. The minimum atomic E-state index is -0.535. The second kappa shape index (κ2) is 8.79. The first-order chi connectivity index (χ1) is 13.4. The summed E-state index contributed by atoms with van der Waals surface area (Å²) in [5, 5.41) is 5.29. The average molecular weight is 377 g/mol. The molecule has 4 nitrogen and oxygen atoms in total. The maximum Gasteiger partial charge on any atom is 0.408 e. The molecule has 3 aromatic rings. The first-order valence-electron chi connectivity index (χ1n) is 9.57. The Labute approximate surface area is 166 Å². The molecule has 0 fully saturated rings. The van der Waals surface area contributed by atoms with Crippen molar-refractivity contribution in [3.63, 3.8) is 0 Å². The van der Waals surface area contributed by atoms with Gasteiger partial charge in [0.05, 0.1) is 12.6 Å². The summed E-state index contributed by atoms with van der Waals surface area (Å²) >= 11 is 0. The van der Waals surface area contributed by atoms with Crippen LogP contribution in [0.15, 0.2) is 72.8 Å². The van der Waals surface area contributed by atoms with E-state index in [0.29, 0.717) is 13.0 Å². The number of hydrogen-bond donors (Lipinski definition) is 1. The van der Waals surface area contributed by atoms with Crippen molar-refractivity contribution in [2.24, 2.45) is 0 Å². The van der Waals surface area contributed by atoms with Gasteiger partial charge < -0.3 is 14.8 Å². The number of alkyl carbamates (subject to hydrolysis) is 1. The second-order valence-corrected chi connectivity index (χ2v) is 7.76. The predicted octanol–water partition coefficient (Wildman–Crippen LogP) is 5.87. The van der Waals surface area contributed by atoms with Gasteiger partial charge in [-0.25, -0.2) is 4.79 Å². The molecule has 0 aromatic heterocycles. The fourth-order valence-electron chi connectivity index (χ4n) is 3.01. The molecule has 28 heavy (non-hydrogen) atoms. The fraction of sp³-hybridized carbons (Fsp3) is 0.292. The summed E-state index contributed by atoms with van der Waals surface area (Å²) in [5.74, 6) is 0.822. The molecular weight excluding hydrogens is 350 g/mol. The molecule has 1 N–H and O–H groups in total. The van der Waals surface area contributed by atoms with Crippen LogP contribution in [0.2, 0.25) is 0 Å². The maximum absolute atomic E-state index is 12.2. The van der Waals surface area contributed by atoms with Crippen LogP contribution in [0.25, 0.3) is 10.8 Å². The first kappa shape index (κ1) is 19.7. The molecule has 0 aliphatic carbocycles. The number of fused-ring (bicyclic) bond motifs is 1. The van der Waals surface area contributed by atoms with Crippen molar-refractivity contribution in [2.75, 3.05) is 6.61 Å². The van der Waals surface area contributed by atoms with E-state index in [1.54, 1.807) is 0 Å². The van der Waals surface area contributed by atoms with Crippen LogP contribution in [0.1, 0.15) is 38.8 Å². The van der Waals surface area contributed by atoms with Crippen molar-refractivity contribution in [2.45, 2.75) is 38.8 Å². The maximum atomic E-state index is 12.2. The highest BCUT2D eigenvalue weighted by atomic mass is 16.6. The lowest BCUT2D eigenvalue weighted by Crippen LogP contribution is -2.35. The van der Waals surface area contributed by atoms with E-state index in [0.717, 1.165) is 16.7 Å². The van der Waals surface area contributed by atoms with Gasteiger partial charge in [0.2, 0.25) is 0 Å². The standard InChI is InChI=1S/C24H27NO3/c1-24(2,3)28-23(26)25-22(19-10-5-4-6-11-19)15-16-27-21-14-13-18-9-7-8-12-20(18)17-21/h4-14,17,22H,15-16H2,1-3H3,(H,25,26)/t22-/m0/s1. The van der Waals surface area contributed by atoms with Crippen LogP contribution in [0.5, 0.6) is 5.75 Å². The number of hydrogen-bond acceptors (Lipinski definition) is 3. The molecule has 0 heterocycles. The Morgan fingerprint density at radius 2 is 1.61 bits per heavy atom. The lowest BCUT2D eigenvalue weighted by Gasteiger charge is -2.24. The van der Waals surface area contributed by atoms with Crippen LogP contribution in [-0.2, 0) is 4.74 Å². The molecule has 1 atom stereocenters. The highest BCUT2D eigenvalue weighted by Gasteiger charge is 2.20. The van der Waals surface area contributed by atoms with E-state index in [-0.39, 0.29) is 6.04 Å². The summed E-state index contributed by atoms with van der Waals surface area (Å²) in [5.41, 5.74) is 0.489. The van der Waals surface area contributed by atoms with Crippen LogP contribution in [-0.4, -0.2) is 18.3 Å². The van der Waals surface area contributed by atoms with Crippen molar-refractivity contribution in [3.05, 3.63) is 78.4 Å². The second-order valence-electron chi connectivity index (χ2n) is 7.76. The molecule has 0 radical (unpaired) electrons. The number of rotatable bonds is 6. The van der Waals surface area contributed by atoms with Gasteiger partial charge in [-0.2, -0.15) is 0 Å². The zero-order chi connectivity index (χ0) is 20.0. The van der Waals surface area contributed by atoms with Gasteiger partial charge in [-0.15, -0.1) is 0 Å². The monoisotopic (exact) mass is 377 g/mol. The Kier molecular flexibility index (Phi) is 6.19. The Balaban J connectivity index is 1.64. The third-order valence-electron chi connectivity index (χ3n) is 4.29. The third-order valence-corrected chi connectivity index (χ3v) is 4.29. The van der Waals surface area contributed by atoms with E-state index in [2.05, 4.69) is 23.5 Å². The SMILES string of the molecule is CC(C)(C)OC(=O)N[C@@H](CCOc1ccc2ccccc2c1)c1ccccc1. The largest absolute Gasteiger partial charge is 0.493 e. The third kappa shape index (κ3) is 5.74. The molecular formula is C24H27NO3. The zero-order valence-electron chi connectivity index (χ0n) is 16.6. The van der Waals surface area contributed by atoms with E-state index in [1.165, 1.54) is 5.39 Å². The lowest BCUT2D eigenvalue weighted by atomic mass is 10.0. The topological polar surface area (TPSA) is 47.6 Å². The normalized spacial score (nSPS) is 12.4. The van der Waals surface area contributed by atoms with Crippen molar-refractivity contribution >= 4 is 16.9 Å². The highest BCUT2D eigenvalue weighted by molar-refractivity contribution is 5.83. The Hall–Kier alpha value is -3.01. The highest BCUT2D eigenvalue weighted by Crippen LogP contribution is 2.22. The lowest BCUT2D eigenvalue weighted by molar-refractivity contribution is 0.0497. The molecule has 0 saturated carbocycles. The first-order valence-corrected chi connectivity index (χ1v) is 9.57. The molecule has 3 aromatic carbocycles. The quantitative estimate of drug-likeness (QED) is 0.584. The van der Waals surface area contributed by atoms with Gasteiger partial charge in [0.25, 0.3) is 0 Å². The number of amides is 1. The minimum absolute atomic E-state index is 0.184. The van der Waals surface area contributed by atoms with Gasteiger partial charge in [0.15, 0.2) is 0 Å². The molecule has 0 saturated heterocycles. The van der Waals surface area contributed by atoms with Gasteiger partial charge >= 0.3 is 6.09 Å². The van der Waals surface area contributed by atoms with Crippen LogP contribution >= 0.6 is 0 Å². The van der Waals surface area contributed by atoms with Crippen molar-refractivity contribution in [3.8, 4) is 5.75 Å². The predicted molar refractivity (Wildman–Crippen MR) is 113 cm³/mol. The number of carbonyl (C=O) groups excluding carboxylic acids is 1. The van der Waals surface area contributed by atoms with Gasteiger partial charge in [-0.1, -0.05) is 60.7 Å². The van der Waals surface area contributed by atoms with Crippen LogP contribution in [0, 0.1) is 0 Å². The molecule has 1 amide bonds. The van der Waals surface area contributed by atoms with E-state index in [9.17, 15) is 4.79 Å². The number of nitrogens with one attached hydrogen (secondary N) is 1. The molecule has 0 aliphatic rings. The molecule has 4 heteroatoms. The van der Waals surface area contributed by atoms with Gasteiger partial charge in [0, 0.05) is 6.42 Å². The van der Waals surface area contributed by atoms with Crippen LogP contribution in [0.4, 0.5) is 4.79 Å². The Bertz CT molecular complexity index is 916. The van der Waals surface area contributed by atoms with E-state index >= 15 is 0 Å². The van der Waals surface area contributed by atoms with Crippen molar-refractivity contribution in [1.82, 2.24) is 5.32 Å². The Morgan fingerprint density at radius 3 is 2.32 bits per heavy atom. The number of carbonyl (C=O) groups is 1. The molecule has 3 rings (SSSR count). The molecule has 0 spiro atoms. The number of benzene rings is 3. The minimum Gasteiger partial charge on any atom is -0.493 e. The van der Waals surface area contributed by atoms with Crippen molar-refractivity contribution < 1.29 is 14.3 Å². The van der Waals surface area contributed by atoms with Gasteiger partial charge in [-0.05, 0) is 49.2 Å². The molecule has 0 bridgehead atoms. The smallest absolute Gasteiger partial charge is 0.408 e. The van der Waals surface area contributed by atoms with E-state index in [4.69, 9.17) is 9.47 Å².